The van der Waals surface area contributed by atoms with E-state index in [1.165, 1.54) is 29.7 Å². The molecular formula is C22H26FNO4. The maximum atomic E-state index is 13.1. The van der Waals surface area contributed by atoms with Crippen LogP contribution in [0.5, 0.6) is 5.75 Å². The number of rotatable bonds is 9. The van der Waals surface area contributed by atoms with Crippen molar-refractivity contribution < 1.29 is 23.5 Å². The van der Waals surface area contributed by atoms with Crippen LogP contribution in [0.3, 0.4) is 0 Å². The number of esters is 1. The van der Waals surface area contributed by atoms with E-state index in [-0.39, 0.29) is 31.4 Å². The molecule has 2 aromatic carbocycles. The maximum absolute atomic E-state index is 13.1. The van der Waals surface area contributed by atoms with E-state index in [1.807, 2.05) is 24.3 Å². The molecule has 1 unspecified atom stereocenters. The molecule has 0 N–H and O–H groups in total. The number of benzene rings is 2. The summed E-state index contributed by atoms with van der Waals surface area (Å²) in [5.74, 6) is -0.887. The summed E-state index contributed by atoms with van der Waals surface area (Å²) in [5.41, 5.74) is 1.95. The van der Waals surface area contributed by atoms with Gasteiger partial charge in [0.2, 0.25) is 0 Å². The summed E-state index contributed by atoms with van der Waals surface area (Å²) in [7, 11) is 1.31. The van der Waals surface area contributed by atoms with Crippen LogP contribution < -0.4 is 4.74 Å². The molecule has 6 heteroatoms. The van der Waals surface area contributed by atoms with Crippen molar-refractivity contribution in [2.24, 2.45) is 5.92 Å². The molecule has 0 aromatic heterocycles. The molecule has 0 fully saturated rings. The Morgan fingerprint density at radius 1 is 1.04 bits per heavy atom. The highest BCUT2D eigenvalue weighted by atomic mass is 19.1. The lowest BCUT2D eigenvalue weighted by Crippen LogP contribution is -2.39. The van der Waals surface area contributed by atoms with Crippen LogP contribution in [0.2, 0.25) is 0 Å². The molecule has 28 heavy (non-hydrogen) atoms. The molecule has 0 spiro atoms. The monoisotopic (exact) mass is 387 g/mol. The summed E-state index contributed by atoms with van der Waals surface area (Å²) in [6.45, 7) is 4.04. The summed E-state index contributed by atoms with van der Waals surface area (Å²) in [6.07, 6.45) is 0.927. The number of amides is 1. The third-order valence-corrected chi connectivity index (χ3v) is 4.43. The third kappa shape index (κ3) is 6.37. The van der Waals surface area contributed by atoms with E-state index in [1.54, 1.807) is 19.1 Å². The Hall–Kier alpha value is -2.89. The van der Waals surface area contributed by atoms with Crippen LogP contribution in [0.4, 0.5) is 4.39 Å². The number of carbonyl (C=O) groups is 2. The fourth-order valence-corrected chi connectivity index (χ4v) is 2.73. The highest BCUT2D eigenvalue weighted by molar-refractivity contribution is 5.79. The number of hydrogen-bond acceptors (Lipinski definition) is 4. The molecule has 150 valence electrons. The van der Waals surface area contributed by atoms with Crippen molar-refractivity contribution in [3.05, 3.63) is 65.5 Å². The minimum Gasteiger partial charge on any atom is -0.484 e. The minimum absolute atomic E-state index is 0.152. The van der Waals surface area contributed by atoms with Gasteiger partial charge in [0.1, 0.15) is 11.6 Å². The van der Waals surface area contributed by atoms with E-state index < -0.39 is 11.9 Å². The van der Waals surface area contributed by atoms with Crippen LogP contribution in [0.25, 0.3) is 0 Å². The molecule has 0 saturated carbocycles. The average Bonchev–Trinajstić information content (AvgIpc) is 2.72. The van der Waals surface area contributed by atoms with Crippen LogP contribution in [-0.2, 0) is 27.3 Å². The first kappa shape index (κ1) is 21.4. The maximum Gasteiger partial charge on any atom is 0.310 e. The lowest BCUT2D eigenvalue weighted by Gasteiger charge is -2.25. The van der Waals surface area contributed by atoms with Gasteiger partial charge in [-0.15, -0.1) is 0 Å². The lowest BCUT2D eigenvalue weighted by atomic mass is 10.1. The predicted octanol–water partition coefficient (Wildman–Crippen LogP) is 3.60. The van der Waals surface area contributed by atoms with Crippen molar-refractivity contribution in [3.8, 4) is 5.75 Å². The van der Waals surface area contributed by atoms with Crippen molar-refractivity contribution in [3.63, 3.8) is 0 Å². The summed E-state index contributed by atoms with van der Waals surface area (Å²) < 4.78 is 23.5. The van der Waals surface area contributed by atoms with Crippen molar-refractivity contribution in [1.29, 1.82) is 0 Å². The van der Waals surface area contributed by atoms with Gasteiger partial charge in [-0.2, -0.15) is 0 Å². The quantitative estimate of drug-likeness (QED) is 0.617. The van der Waals surface area contributed by atoms with Gasteiger partial charge in [0.15, 0.2) is 6.61 Å². The van der Waals surface area contributed by atoms with Gasteiger partial charge < -0.3 is 14.4 Å². The molecule has 0 aliphatic carbocycles. The van der Waals surface area contributed by atoms with Gasteiger partial charge in [-0.1, -0.05) is 38.1 Å². The number of nitrogens with zero attached hydrogens (tertiary/aromatic N) is 1. The Bertz CT molecular complexity index is 774. The second-order valence-electron chi connectivity index (χ2n) is 6.61. The Morgan fingerprint density at radius 2 is 1.64 bits per heavy atom. The van der Waals surface area contributed by atoms with Crippen LogP contribution in [-0.4, -0.2) is 37.0 Å². The predicted molar refractivity (Wildman–Crippen MR) is 104 cm³/mol. The van der Waals surface area contributed by atoms with Crippen molar-refractivity contribution in [2.75, 3.05) is 20.3 Å². The Balaban J connectivity index is 2.05. The first-order valence-electron chi connectivity index (χ1n) is 9.24. The highest BCUT2D eigenvalue weighted by Gasteiger charge is 2.22. The zero-order chi connectivity index (χ0) is 20.5. The van der Waals surface area contributed by atoms with Gasteiger partial charge in [-0.3, -0.25) is 9.59 Å². The molecule has 0 aliphatic heterocycles. The van der Waals surface area contributed by atoms with Crippen LogP contribution >= 0.6 is 0 Å². The van der Waals surface area contributed by atoms with Gasteiger partial charge >= 0.3 is 5.97 Å². The zero-order valence-electron chi connectivity index (χ0n) is 16.5. The average molecular weight is 387 g/mol. The van der Waals surface area contributed by atoms with E-state index in [4.69, 9.17) is 9.47 Å². The van der Waals surface area contributed by atoms with Crippen LogP contribution in [0.1, 0.15) is 25.0 Å². The minimum atomic E-state index is -0.488. The molecule has 0 saturated heterocycles. The molecule has 2 rings (SSSR count). The van der Waals surface area contributed by atoms with E-state index in [0.29, 0.717) is 5.75 Å². The van der Waals surface area contributed by atoms with Crippen LogP contribution in [0, 0.1) is 11.7 Å². The van der Waals surface area contributed by atoms with E-state index in [9.17, 15) is 14.0 Å². The Morgan fingerprint density at radius 3 is 2.21 bits per heavy atom. The third-order valence-electron chi connectivity index (χ3n) is 4.43. The van der Waals surface area contributed by atoms with Gasteiger partial charge in [-0.25, -0.2) is 4.39 Å². The number of halogens is 1. The summed E-state index contributed by atoms with van der Waals surface area (Å²) in [4.78, 5) is 26.0. The molecule has 2 aromatic rings. The van der Waals surface area contributed by atoms with Crippen molar-refractivity contribution in [1.82, 2.24) is 4.90 Å². The van der Waals surface area contributed by atoms with Crippen LogP contribution in [0.15, 0.2) is 48.5 Å². The fourth-order valence-electron chi connectivity index (χ4n) is 2.73. The van der Waals surface area contributed by atoms with Gasteiger partial charge in [-0.05, 0) is 41.8 Å². The Kier molecular flexibility index (Phi) is 7.99. The largest absolute Gasteiger partial charge is 0.484 e. The van der Waals surface area contributed by atoms with Gasteiger partial charge in [0.05, 0.1) is 13.0 Å². The van der Waals surface area contributed by atoms with E-state index >= 15 is 0 Å². The molecular weight excluding hydrogens is 361 g/mol. The van der Waals surface area contributed by atoms with Crippen molar-refractivity contribution in [2.45, 2.75) is 26.8 Å². The zero-order valence-corrected chi connectivity index (χ0v) is 16.5. The number of methoxy groups -OCH3 is 1. The molecule has 0 radical (unpaired) electrons. The normalized spacial score (nSPS) is 11.6. The number of aryl methyl sites for hydroxylation is 1. The standard InChI is InChI=1S/C22H26FNO4/c1-4-17-7-11-20(12-8-17)28-15-21(25)24(13-16(2)22(26)27-3)14-18-5-9-19(23)10-6-18/h5-12,16H,4,13-15H2,1-3H3. The van der Waals surface area contributed by atoms with Gasteiger partial charge in [0.25, 0.3) is 5.91 Å². The number of ether oxygens (including phenoxy) is 2. The smallest absolute Gasteiger partial charge is 0.310 e. The molecule has 0 heterocycles. The molecule has 0 aliphatic rings. The SMILES string of the molecule is CCc1ccc(OCC(=O)N(Cc2ccc(F)cc2)CC(C)C(=O)OC)cc1. The number of carbonyl (C=O) groups excluding carboxylic acids is 2. The lowest BCUT2D eigenvalue weighted by molar-refractivity contribution is -0.147. The first-order valence-corrected chi connectivity index (χ1v) is 9.24. The Labute approximate surface area is 165 Å². The first-order chi connectivity index (χ1) is 13.4. The van der Waals surface area contributed by atoms with E-state index in [2.05, 4.69) is 6.92 Å². The van der Waals surface area contributed by atoms with Gasteiger partial charge in [0, 0.05) is 13.1 Å². The molecule has 5 nitrogen and oxygen atoms in total. The summed E-state index contributed by atoms with van der Waals surface area (Å²) in [5, 5.41) is 0. The topological polar surface area (TPSA) is 55.8 Å². The fraction of sp³-hybridized carbons (Fsp3) is 0.364. The second kappa shape index (κ2) is 10.4. The highest BCUT2D eigenvalue weighted by Crippen LogP contribution is 2.14. The second-order valence-corrected chi connectivity index (χ2v) is 6.61. The molecule has 1 atom stereocenters. The summed E-state index contributed by atoms with van der Waals surface area (Å²) >= 11 is 0. The van der Waals surface area contributed by atoms with E-state index in [0.717, 1.165) is 12.0 Å². The van der Waals surface area contributed by atoms with Crippen molar-refractivity contribution >= 4 is 11.9 Å². The molecule has 0 bridgehead atoms. The number of hydrogen-bond donors (Lipinski definition) is 0. The molecule has 1 amide bonds. The summed E-state index contributed by atoms with van der Waals surface area (Å²) in [6, 6.07) is 13.5.